The summed E-state index contributed by atoms with van der Waals surface area (Å²) in [6, 6.07) is 11.4. The minimum atomic E-state index is -0.172. The van der Waals surface area contributed by atoms with Crippen molar-refractivity contribution < 1.29 is 9.13 Å². The second kappa shape index (κ2) is 6.06. The van der Waals surface area contributed by atoms with E-state index in [4.69, 9.17) is 4.74 Å². The number of rotatable bonds is 2. The van der Waals surface area contributed by atoms with Crippen LogP contribution >= 0.6 is 15.9 Å². The number of hydrogen-bond donors (Lipinski definition) is 1. The van der Waals surface area contributed by atoms with Gasteiger partial charge in [0.25, 0.3) is 0 Å². The maximum absolute atomic E-state index is 13.4. The molecule has 1 atom stereocenters. The highest BCUT2D eigenvalue weighted by Gasteiger charge is 2.20. The maximum Gasteiger partial charge on any atom is 0.126 e. The smallest absolute Gasteiger partial charge is 0.126 e. The van der Waals surface area contributed by atoms with E-state index in [1.54, 1.807) is 13.0 Å². The molecule has 1 aliphatic rings. The lowest BCUT2D eigenvalue weighted by Crippen LogP contribution is -2.10. The van der Waals surface area contributed by atoms with Gasteiger partial charge in [0.15, 0.2) is 0 Å². The van der Waals surface area contributed by atoms with Gasteiger partial charge >= 0.3 is 0 Å². The number of aryl methyl sites for hydroxylation is 1. The van der Waals surface area contributed by atoms with Gasteiger partial charge in [-0.3, -0.25) is 0 Å². The zero-order valence-electron chi connectivity index (χ0n) is 11.8. The third-order valence-corrected chi connectivity index (χ3v) is 4.24. The molecule has 2 aromatic rings. The number of ether oxygens (including phenoxy) is 1. The number of anilines is 1. The Labute approximate surface area is 132 Å². The highest BCUT2D eigenvalue weighted by molar-refractivity contribution is 9.10. The lowest BCUT2D eigenvalue weighted by molar-refractivity contribution is 0.316. The normalized spacial score (nSPS) is 17.6. The van der Waals surface area contributed by atoms with E-state index in [1.807, 2.05) is 18.2 Å². The van der Waals surface area contributed by atoms with Crippen LogP contribution in [0.25, 0.3) is 0 Å². The summed E-state index contributed by atoms with van der Waals surface area (Å²) in [4.78, 5) is 0. The van der Waals surface area contributed by atoms with E-state index in [0.717, 1.165) is 40.9 Å². The second-order valence-electron chi connectivity index (χ2n) is 5.33. The fourth-order valence-corrected chi connectivity index (χ4v) is 2.97. The molecule has 0 saturated carbocycles. The standard InChI is InChI=1S/C17H17BrFNO/c1-11-9-13(5-7-15(11)19)20-16-3-2-8-21-17-10-12(18)4-6-14(16)17/h4-7,9-10,16,20H,2-3,8H2,1H3. The predicted molar refractivity (Wildman–Crippen MR) is 86.4 cm³/mol. The van der Waals surface area contributed by atoms with Crippen LogP contribution in [0.2, 0.25) is 0 Å². The number of benzene rings is 2. The third kappa shape index (κ3) is 3.21. The van der Waals surface area contributed by atoms with Crippen LogP contribution in [0.4, 0.5) is 10.1 Å². The summed E-state index contributed by atoms with van der Waals surface area (Å²) in [6.07, 6.45) is 1.98. The summed E-state index contributed by atoms with van der Waals surface area (Å²) in [5.41, 5.74) is 2.74. The van der Waals surface area contributed by atoms with Crippen LogP contribution in [0.5, 0.6) is 5.75 Å². The minimum absolute atomic E-state index is 0.172. The molecule has 4 heteroatoms. The van der Waals surface area contributed by atoms with E-state index in [-0.39, 0.29) is 11.9 Å². The van der Waals surface area contributed by atoms with Crippen LogP contribution in [0.1, 0.15) is 30.0 Å². The monoisotopic (exact) mass is 349 g/mol. The largest absolute Gasteiger partial charge is 0.493 e. The lowest BCUT2D eigenvalue weighted by Gasteiger charge is -2.20. The van der Waals surface area contributed by atoms with Gasteiger partial charge in [-0.25, -0.2) is 4.39 Å². The maximum atomic E-state index is 13.4. The van der Waals surface area contributed by atoms with Crippen LogP contribution in [0.15, 0.2) is 40.9 Å². The molecule has 0 saturated heterocycles. The van der Waals surface area contributed by atoms with E-state index < -0.39 is 0 Å². The summed E-state index contributed by atoms with van der Waals surface area (Å²) in [5, 5.41) is 3.50. The average Bonchev–Trinajstić information content (AvgIpc) is 2.65. The number of hydrogen-bond acceptors (Lipinski definition) is 2. The van der Waals surface area contributed by atoms with E-state index in [9.17, 15) is 4.39 Å². The Balaban J connectivity index is 1.90. The van der Waals surface area contributed by atoms with Gasteiger partial charge in [0, 0.05) is 15.7 Å². The van der Waals surface area contributed by atoms with Gasteiger partial charge in [0.05, 0.1) is 12.6 Å². The molecule has 21 heavy (non-hydrogen) atoms. The molecule has 0 aromatic heterocycles. The fourth-order valence-electron chi connectivity index (χ4n) is 2.63. The van der Waals surface area contributed by atoms with Gasteiger partial charge in [-0.15, -0.1) is 0 Å². The molecule has 3 rings (SSSR count). The molecular weight excluding hydrogens is 333 g/mol. The van der Waals surface area contributed by atoms with Gasteiger partial charge in [-0.2, -0.15) is 0 Å². The molecule has 2 aromatic carbocycles. The first-order valence-electron chi connectivity index (χ1n) is 7.08. The molecular formula is C17H17BrFNO. The van der Waals surface area contributed by atoms with E-state index in [1.165, 1.54) is 6.07 Å². The molecule has 0 amide bonds. The van der Waals surface area contributed by atoms with E-state index in [2.05, 4.69) is 27.3 Å². The Morgan fingerprint density at radius 2 is 2.10 bits per heavy atom. The van der Waals surface area contributed by atoms with Crippen LogP contribution < -0.4 is 10.1 Å². The summed E-state index contributed by atoms with van der Waals surface area (Å²) >= 11 is 3.48. The topological polar surface area (TPSA) is 21.3 Å². The molecule has 0 aliphatic carbocycles. The summed E-state index contributed by atoms with van der Waals surface area (Å²) in [7, 11) is 0. The number of nitrogens with one attached hydrogen (secondary N) is 1. The zero-order chi connectivity index (χ0) is 14.8. The number of halogens is 2. The van der Waals surface area contributed by atoms with Crippen LogP contribution in [-0.4, -0.2) is 6.61 Å². The first kappa shape index (κ1) is 14.4. The Bertz CT molecular complexity index is 659. The van der Waals surface area contributed by atoms with Gasteiger partial charge < -0.3 is 10.1 Å². The second-order valence-corrected chi connectivity index (χ2v) is 6.25. The van der Waals surface area contributed by atoms with Gasteiger partial charge in [0.2, 0.25) is 0 Å². The minimum Gasteiger partial charge on any atom is -0.493 e. The van der Waals surface area contributed by atoms with E-state index in [0.29, 0.717) is 5.56 Å². The van der Waals surface area contributed by atoms with Crippen molar-refractivity contribution in [2.75, 3.05) is 11.9 Å². The van der Waals surface area contributed by atoms with Crippen LogP contribution in [-0.2, 0) is 0 Å². The molecule has 0 spiro atoms. The van der Waals surface area contributed by atoms with Gasteiger partial charge in [-0.05, 0) is 55.7 Å². The molecule has 110 valence electrons. The average molecular weight is 350 g/mol. The van der Waals surface area contributed by atoms with Crippen molar-refractivity contribution in [2.45, 2.75) is 25.8 Å². The molecule has 1 unspecified atom stereocenters. The summed E-state index contributed by atoms with van der Waals surface area (Å²) < 4.78 is 20.2. The third-order valence-electron chi connectivity index (χ3n) is 3.74. The van der Waals surface area contributed by atoms with Crippen molar-refractivity contribution in [3.05, 3.63) is 57.8 Å². The van der Waals surface area contributed by atoms with E-state index >= 15 is 0 Å². The lowest BCUT2D eigenvalue weighted by atomic mass is 10.0. The Morgan fingerprint density at radius 3 is 2.90 bits per heavy atom. The molecule has 1 N–H and O–H groups in total. The first-order chi connectivity index (χ1) is 10.1. The Kier molecular flexibility index (Phi) is 4.15. The quantitative estimate of drug-likeness (QED) is 0.802. The van der Waals surface area contributed by atoms with Crippen LogP contribution in [0.3, 0.4) is 0 Å². The summed E-state index contributed by atoms with van der Waals surface area (Å²) in [5.74, 6) is 0.743. The van der Waals surface area contributed by atoms with Crippen molar-refractivity contribution in [1.82, 2.24) is 0 Å². The Hall–Kier alpha value is -1.55. The zero-order valence-corrected chi connectivity index (χ0v) is 13.4. The highest BCUT2D eigenvalue weighted by Crippen LogP contribution is 2.35. The fraction of sp³-hybridized carbons (Fsp3) is 0.294. The predicted octanol–water partition coefficient (Wildman–Crippen LogP) is 5.22. The van der Waals surface area contributed by atoms with Crippen LogP contribution in [0, 0.1) is 12.7 Å². The molecule has 2 nitrogen and oxygen atoms in total. The molecule has 0 fully saturated rings. The summed E-state index contributed by atoms with van der Waals surface area (Å²) in [6.45, 7) is 2.51. The van der Waals surface area contributed by atoms with Crippen molar-refractivity contribution >= 4 is 21.6 Å². The molecule has 0 bridgehead atoms. The molecule has 1 heterocycles. The first-order valence-corrected chi connectivity index (χ1v) is 7.88. The van der Waals surface area contributed by atoms with Crippen molar-refractivity contribution in [2.24, 2.45) is 0 Å². The highest BCUT2D eigenvalue weighted by atomic mass is 79.9. The molecule has 1 aliphatic heterocycles. The number of fused-ring (bicyclic) bond motifs is 1. The van der Waals surface area contributed by atoms with Crippen molar-refractivity contribution in [3.63, 3.8) is 0 Å². The van der Waals surface area contributed by atoms with Gasteiger partial charge in [0.1, 0.15) is 11.6 Å². The SMILES string of the molecule is Cc1cc(NC2CCCOc3cc(Br)ccc32)ccc1F. The van der Waals surface area contributed by atoms with Gasteiger partial charge in [-0.1, -0.05) is 22.0 Å². The Morgan fingerprint density at radius 1 is 1.24 bits per heavy atom. The van der Waals surface area contributed by atoms with Crippen molar-refractivity contribution in [3.8, 4) is 5.75 Å². The van der Waals surface area contributed by atoms with Crippen molar-refractivity contribution in [1.29, 1.82) is 0 Å². The molecule has 0 radical (unpaired) electrons.